The number of carboxylic acid groups (broad SMARTS) is 1. The molecule has 1 aromatic rings. The zero-order valence-corrected chi connectivity index (χ0v) is 30.5. The molecule has 2 bridgehead atoms. The van der Waals surface area contributed by atoms with Gasteiger partial charge in [-0.05, 0) is 50.6 Å². The van der Waals surface area contributed by atoms with Crippen LogP contribution in [0.2, 0.25) is 0 Å². The highest BCUT2D eigenvalue weighted by atomic mass is 16.6. The molecular weight excluding hydrogens is 638 g/mol. The van der Waals surface area contributed by atoms with Crippen molar-refractivity contribution in [3.63, 3.8) is 0 Å². The first-order valence-electron chi connectivity index (χ1n) is 19.3. The van der Waals surface area contributed by atoms with Gasteiger partial charge in [0.2, 0.25) is 6.10 Å². The number of likely N-dealkylation sites (N-methyl/N-ethyl adjacent to an activating group) is 1. The number of hydrogen-bond acceptors (Lipinski definition) is 9. The molecule has 0 saturated carbocycles. The topological polar surface area (TPSA) is 132 Å². The summed E-state index contributed by atoms with van der Waals surface area (Å²) in [7, 11) is 3.58. The van der Waals surface area contributed by atoms with Crippen molar-refractivity contribution in [2.45, 2.75) is 165 Å². The zero-order chi connectivity index (χ0) is 35.7. The minimum Gasteiger partial charge on any atom is -0.493 e. The van der Waals surface area contributed by atoms with Crippen molar-refractivity contribution >= 4 is 17.9 Å². The lowest BCUT2D eigenvalue weighted by Crippen LogP contribution is -2.74. The van der Waals surface area contributed by atoms with Gasteiger partial charge < -0.3 is 34.1 Å². The number of esters is 2. The number of carbonyl (C=O) groups is 3. The Morgan fingerprint density at radius 1 is 0.960 bits per heavy atom. The van der Waals surface area contributed by atoms with Gasteiger partial charge in [-0.3, -0.25) is 9.59 Å². The van der Waals surface area contributed by atoms with E-state index < -0.39 is 47.6 Å². The Labute approximate surface area is 297 Å². The number of methoxy groups -OCH3 is 1. The molecule has 2 aliphatic carbocycles. The normalized spacial score (nSPS) is 25.2. The summed E-state index contributed by atoms with van der Waals surface area (Å²) in [5, 5.41) is 21.9. The van der Waals surface area contributed by atoms with Crippen LogP contribution in [0.4, 0.5) is 0 Å². The molecule has 50 heavy (non-hydrogen) atoms. The Morgan fingerprint density at radius 2 is 1.58 bits per heavy atom. The molecule has 0 radical (unpaired) electrons. The number of nitrogens with zero attached hydrogens (tertiary/aromatic N) is 1. The largest absolute Gasteiger partial charge is 0.493 e. The summed E-state index contributed by atoms with van der Waals surface area (Å²) in [5.41, 5.74) is -0.0925. The molecule has 10 nitrogen and oxygen atoms in total. The van der Waals surface area contributed by atoms with Crippen LogP contribution in [-0.2, 0) is 35.7 Å². The van der Waals surface area contributed by atoms with Crippen LogP contribution in [0.3, 0.4) is 0 Å². The number of carbonyl (C=O) groups excluding carboxylic acids is 2. The van der Waals surface area contributed by atoms with Gasteiger partial charge in [0.15, 0.2) is 17.6 Å². The summed E-state index contributed by atoms with van der Waals surface area (Å²) < 4.78 is 23.4. The van der Waals surface area contributed by atoms with Crippen LogP contribution < -0.4 is 9.47 Å². The molecular formula is C40H59NO9. The second kappa shape index (κ2) is 17.4. The number of hydrogen-bond donors (Lipinski definition) is 2. The van der Waals surface area contributed by atoms with E-state index in [-0.39, 0.29) is 24.6 Å². The van der Waals surface area contributed by atoms with Crippen molar-refractivity contribution in [2.24, 2.45) is 0 Å². The summed E-state index contributed by atoms with van der Waals surface area (Å²) in [6, 6.07) is 3.71. The zero-order valence-electron chi connectivity index (χ0n) is 30.5. The van der Waals surface area contributed by atoms with Gasteiger partial charge in [0, 0.05) is 24.4 Å². The average Bonchev–Trinajstić information content (AvgIpc) is 3.45. The molecule has 1 aromatic carbocycles. The van der Waals surface area contributed by atoms with Crippen molar-refractivity contribution in [3.05, 3.63) is 35.1 Å². The van der Waals surface area contributed by atoms with Crippen LogP contribution in [0.5, 0.6) is 11.5 Å². The van der Waals surface area contributed by atoms with E-state index in [4.69, 9.17) is 18.9 Å². The first-order valence-corrected chi connectivity index (χ1v) is 19.3. The molecule has 5 atom stereocenters. The van der Waals surface area contributed by atoms with Crippen molar-refractivity contribution in [1.82, 2.24) is 4.90 Å². The predicted molar refractivity (Wildman–Crippen MR) is 189 cm³/mol. The molecule has 1 spiro atoms. The number of likely N-dealkylation sites (tertiary alicyclic amines) is 1. The van der Waals surface area contributed by atoms with Crippen LogP contribution in [0.15, 0.2) is 24.0 Å². The standard InChI is InChI=1S/C40H59NO9/c1-4-5-6-7-8-9-10-11-12-13-14-15-16-17-18-19-34(44)48-31(27-33(42)43)38(45)49-30-22-23-40(46)32-26-28-20-21-29(47-3)36-35(28)39(40,37(30)50-36)24-25-41(32)2/h20-22,31-32,37,46H,4-19,23-27H2,1-3H3,(H,42,43)/t31-,32-,37-,39-,40+/m0/s1. The van der Waals surface area contributed by atoms with E-state index in [9.17, 15) is 24.6 Å². The molecule has 10 heteroatoms. The molecule has 278 valence electrons. The van der Waals surface area contributed by atoms with Gasteiger partial charge in [0.25, 0.3) is 0 Å². The van der Waals surface area contributed by atoms with Crippen LogP contribution in [0, 0.1) is 0 Å². The molecule has 0 amide bonds. The second-order valence-electron chi connectivity index (χ2n) is 15.0. The molecule has 2 heterocycles. The third-order valence-electron chi connectivity index (χ3n) is 11.7. The number of benzene rings is 1. The van der Waals surface area contributed by atoms with Crippen molar-refractivity contribution in [3.8, 4) is 11.5 Å². The minimum atomic E-state index is -1.60. The van der Waals surface area contributed by atoms with Crippen LogP contribution in [0.1, 0.15) is 140 Å². The summed E-state index contributed by atoms with van der Waals surface area (Å²) in [4.78, 5) is 40.1. The Balaban J connectivity index is 1.10. The number of piperidine rings is 1. The Bertz CT molecular complexity index is 1380. The molecule has 2 aliphatic heterocycles. The fourth-order valence-corrected chi connectivity index (χ4v) is 8.96. The third-order valence-corrected chi connectivity index (χ3v) is 11.7. The minimum absolute atomic E-state index is 0.110. The number of unbranched alkanes of at least 4 members (excludes halogenated alkanes) is 14. The van der Waals surface area contributed by atoms with Crippen molar-refractivity contribution in [2.75, 3.05) is 20.7 Å². The van der Waals surface area contributed by atoms with E-state index >= 15 is 0 Å². The lowest BCUT2D eigenvalue weighted by Gasteiger charge is -2.61. The average molecular weight is 698 g/mol. The van der Waals surface area contributed by atoms with Gasteiger partial charge in [-0.1, -0.05) is 103 Å². The van der Waals surface area contributed by atoms with E-state index in [1.165, 1.54) is 70.6 Å². The SMILES string of the molecule is CCCCCCCCCCCCCCCCCC(=O)O[C@@H](CC(=O)O)C(=O)OC1=CC[C@@]2(O)[C@@H]3Cc4ccc(OC)c5c4[C@@]2(CCN3C)[C@H]1O5. The first-order chi connectivity index (χ1) is 24.2. The molecule has 4 aliphatic rings. The molecule has 5 rings (SSSR count). The van der Waals surface area contributed by atoms with E-state index in [0.717, 1.165) is 30.4 Å². The Hall–Kier alpha value is -3.11. The number of aliphatic hydroxyl groups is 1. The summed E-state index contributed by atoms with van der Waals surface area (Å²) in [5.74, 6) is -1.58. The van der Waals surface area contributed by atoms with Crippen molar-refractivity contribution < 1.29 is 43.5 Å². The highest BCUT2D eigenvalue weighted by Gasteiger charge is 2.72. The molecule has 0 aromatic heterocycles. The van der Waals surface area contributed by atoms with Crippen molar-refractivity contribution in [1.29, 1.82) is 0 Å². The summed E-state index contributed by atoms with van der Waals surface area (Å²) >= 11 is 0. The number of aliphatic carboxylic acids is 1. The number of rotatable bonds is 22. The summed E-state index contributed by atoms with van der Waals surface area (Å²) in [6.07, 6.45) is 18.2. The van der Waals surface area contributed by atoms with Crippen LogP contribution >= 0.6 is 0 Å². The van der Waals surface area contributed by atoms with E-state index in [2.05, 4.69) is 11.8 Å². The van der Waals surface area contributed by atoms with Gasteiger partial charge in [0.05, 0.1) is 24.5 Å². The van der Waals surface area contributed by atoms with E-state index in [1.807, 2.05) is 19.2 Å². The Kier molecular flexibility index (Phi) is 13.3. The van der Waals surface area contributed by atoms with Gasteiger partial charge in [-0.15, -0.1) is 0 Å². The fraction of sp³-hybridized carbons (Fsp3) is 0.725. The molecule has 1 saturated heterocycles. The third kappa shape index (κ3) is 8.01. The quantitative estimate of drug-likeness (QED) is 0.0950. The summed E-state index contributed by atoms with van der Waals surface area (Å²) in [6.45, 7) is 2.96. The lowest BCUT2D eigenvalue weighted by molar-refractivity contribution is -0.177. The highest BCUT2D eigenvalue weighted by molar-refractivity contribution is 5.84. The van der Waals surface area contributed by atoms with Gasteiger partial charge >= 0.3 is 17.9 Å². The second-order valence-corrected chi connectivity index (χ2v) is 15.0. The fourth-order valence-electron chi connectivity index (χ4n) is 8.96. The predicted octanol–water partition coefficient (Wildman–Crippen LogP) is 7.16. The van der Waals surface area contributed by atoms with Crippen LogP contribution in [-0.4, -0.2) is 77.6 Å². The molecule has 2 N–H and O–H groups in total. The maximum absolute atomic E-state index is 13.5. The Morgan fingerprint density at radius 3 is 2.18 bits per heavy atom. The number of carboxylic acids is 1. The molecule has 0 unspecified atom stereocenters. The van der Waals surface area contributed by atoms with Gasteiger partial charge in [-0.2, -0.15) is 0 Å². The van der Waals surface area contributed by atoms with E-state index in [0.29, 0.717) is 37.3 Å². The maximum atomic E-state index is 13.5. The number of ether oxygens (including phenoxy) is 4. The monoisotopic (exact) mass is 697 g/mol. The van der Waals surface area contributed by atoms with Gasteiger partial charge in [-0.25, -0.2) is 4.79 Å². The smallest absolute Gasteiger partial charge is 0.353 e. The van der Waals surface area contributed by atoms with Gasteiger partial charge in [0.1, 0.15) is 5.76 Å². The van der Waals surface area contributed by atoms with Crippen LogP contribution in [0.25, 0.3) is 0 Å². The lowest BCUT2D eigenvalue weighted by atomic mass is 9.50. The molecule has 1 fully saturated rings. The first kappa shape index (κ1) is 38.1. The maximum Gasteiger partial charge on any atom is 0.353 e. The highest BCUT2D eigenvalue weighted by Crippen LogP contribution is 2.65. The van der Waals surface area contributed by atoms with E-state index in [1.54, 1.807) is 13.2 Å².